The minimum atomic E-state index is -3.98. The highest BCUT2D eigenvalue weighted by Gasteiger charge is 2.19. The molecule has 0 fully saturated rings. The second-order valence-electron chi connectivity index (χ2n) is 13.7. The van der Waals surface area contributed by atoms with E-state index in [0.717, 1.165) is 59.9 Å². The average Bonchev–Trinajstić information content (AvgIpc) is 3.78. The van der Waals surface area contributed by atoms with Crippen LogP contribution in [-0.2, 0) is 45.3 Å². The zero-order valence-electron chi connectivity index (χ0n) is 33.5. The first-order valence-corrected chi connectivity index (χ1v) is 22.5. The molecule has 0 aliphatic heterocycles. The molecule has 2 heterocycles. The number of benzene rings is 4. The topological polar surface area (TPSA) is 171 Å². The molecule has 4 aromatic carbocycles. The molecule has 0 amide bonds. The summed E-state index contributed by atoms with van der Waals surface area (Å²) < 4.78 is 78.0. The summed E-state index contributed by atoms with van der Waals surface area (Å²) in [6.07, 6.45) is 3.36. The number of hydrogen-bond donors (Lipinski definition) is 3. The molecule has 0 unspecified atom stereocenters. The van der Waals surface area contributed by atoms with Gasteiger partial charge in [-0.2, -0.15) is 10.2 Å². The van der Waals surface area contributed by atoms with Gasteiger partial charge in [-0.1, -0.05) is 74.5 Å². The Hall–Kier alpha value is -4.81. The fraction of sp³-hybridized carbons (Fsp3) is 0.286. The summed E-state index contributed by atoms with van der Waals surface area (Å²) in [7, 11) is -3.97. The first kappa shape index (κ1) is 46.9. The molecule has 5 N–H and O–H groups in total. The van der Waals surface area contributed by atoms with Crippen molar-refractivity contribution < 1.29 is 25.6 Å². The molecule has 2 aromatic heterocycles. The number of nitrogens with two attached hydrogens (primary N) is 2. The standard InChI is InChI=1S/C21H25FN4O2S.C17H15ClFN3O2S.C4H11N/c1-3-11-25(2)15-17-13-18(12-16-7-5-4-6-8-16)26(24-17)21-10-9-19(14-20(21)22)29(23,27)28;18-11-13-9-14(8-12-4-2-1-3-5-12)22(21-13)17-7-6-15(10-16(17)19)25(20,23)24;1-3-4-5-2/h4-10,13-14H,3,11-12,15H2,1-2H3,(H2,23,27,28);1-7,9-10H,8,11H2,(H2,20,23,24);5H,3-4H2,1-2H3. The van der Waals surface area contributed by atoms with E-state index < -0.39 is 31.7 Å². The Kier molecular flexibility index (Phi) is 17.5. The van der Waals surface area contributed by atoms with Gasteiger partial charge in [0.25, 0.3) is 0 Å². The second-order valence-corrected chi connectivity index (χ2v) is 17.1. The third kappa shape index (κ3) is 13.9. The zero-order valence-corrected chi connectivity index (χ0v) is 35.9. The number of hydrogen-bond acceptors (Lipinski definition) is 8. The minimum Gasteiger partial charge on any atom is -0.320 e. The fourth-order valence-corrected chi connectivity index (χ4v) is 7.21. The SMILES string of the molecule is CCCN(C)Cc1cc(Cc2ccccc2)n(-c2ccc(S(N)(=O)=O)cc2F)n1.CCCNC.NS(=O)(=O)c1ccc(-n2nc(CCl)cc2Cc2ccccc2)c(F)c1. The molecule has 0 aliphatic rings. The van der Waals surface area contributed by atoms with Crippen molar-refractivity contribution >= 4 is 31.6 Å². The lowest BCUT2D eigenvalue weighted by Crippen LogP contribution is -2.18. The lowest BCUT2D eigenvalue weighted by Gasteiger charge is -2.13. The highest BCUT2D eigenvalue weighted by molar-refractivity contribution is 7.89. The van der Waals surface area contributed by atoms with Crippen LogP contribution in [-0.4, -0.2) is 68.5 Å². The lowest BCUT2D eigenvalue weighted by atomic mass is 10.1. The van der Waals surface area contributed by atoms with Crippen LogP contribution in [0.3, 0.4) is 0 Å². The summed E-state index contributed by atoms with van der Waals surface area (Å²) in [5, 5.41) is 22.1. The maximum absolute atomic E-state index is 14.8. The first-order chi connectivity index (χ1) is 28.1. The van der Waals surface area contributed by atoms with Crippen molar-refractivity contribution in [1.82, 2.24) is 29.8 Å². The van der Waals surface area contributed by atoms with E-state index in [9.17, 15) is 25.6 Å². The molecule has 6 aromatic rings. The molecule has 0 atom stereocenters. The van der Waals surface area contributed by atoms with Gasteiger partial charge in [0, 0.05) is 30.8 Å². The van der Waals surface area contributed by atoms with Crippen molar-refractivity contribution in [3.8, 4) is 11.4 Å². The normalized spacial score (nSPS) is 11.5. The lowest BCUT2D eigenvalue weighted by molar-refractivity contribution is 0.323. The molecule has 12 nitrogen and oxygen atoms in total. The highest BCUT2D eigenvalue weighted by Crippen LogP contribution is 2.24. The molecule has 6 rings (SSSR count). The van der Waals surface area contributed by atoms with Gasteiger partial charge < -0.3 is 10.2 Å². The van der Waals surface area contributed by atoms with Gasteiger partial charge in [0.1, 0.15) is 23.0 Å². The van der Waals surface area contributed by atoms with Crippen molar-refractivity contribution in [1.29, 1.82) is 0 Å². The van der Waals surface area contributed by atoms with Crippen LogP contribution in [0, 0.1) is 11.6 Å². The third-order valence-electron chi connectivity index (χ3n) is 8.75. The molecule has 316 valence electrons. The Bertz CT molecular complexity index is 2480. The number of rotatable bonds is 15. The van der Waals surface area contributed by atoms with Gasteiger partial charge in [0.05, 0.1) is 27.1 Å². The smallest absolute Gasteiger partial charge is 0.238 e. The van der Waals surface area contributed by atoms with Crippen LogP contribution < -0.4 is 15.6 Å². The molecule has 17 heteroatoms. The maximum Gasteiger partial charge on any atom is 0.238 e. The van der Waals surface area contributed by atoms with Crippen LogP contribution in [0.2, 0.25) is 0 Å². The number of sulfonamides is 2. The zero-order chi connectivity index (χ0) is 43.2. The molecular formula is C42H51ClF2N8O4S2. The second kappa shape index (κ2) is 22.0. The minimum absolute atomic E-state index is 0.134. The highest BCUT2D eigenvalue weighted by atomic mass is 35.5. The summed E-state index contributed by atoms with van der Waals surface area (Å²) in [5.74, 6) is -1.24. The predicted molar refractivity (Wildman–Crippen MR) is 229 cm³/mol. The largest absolute Gasteiger partial charge is 0.320 e. The van der Waals surface area contributed by atoms with E-state index in [1.165, 1.54) is 35.4 Å². The van der Waals surface area contributed by atoms with Crippen molar-refractivity contribution in [2.24, 2.45) is 10.3 Å². The van der Waals surface area contributed by atoms with E-state index in [0.29, 0.717) is 25.1 Å². The van der Waals surface area contributed by atoms with Gasteiger partial charge in [0.2, 0.25) is 20.0 Å². The van der Waals surface area contributed by atoms with Crippen molar-refractivity contribution in [2.45, 2.75) is 61.7 Å². The van der Waals surface area contributed by atoms with E-state index in [1.807, 2.05) is 80.8 Å². The summed E-state index contributed by atoms with van der Waals surface area (Å²) in [6, 6.07) is 30.4. The van der Waals surface area contributed by atoms with Crippen LogP contribution in [0.5, 0.6) is 0 Å². The van der Waals surface area contributed by atoms with Gasteiger partial charge >= 0.3 is 0 Å². The Morgan fingerprint density at radius 3 is 1.47 bits per heavy atom. The van der Waals surface area contributed by atoms with Gasteiger partial charge in [-0.25, -0.2) is 45.3 Å². The Balaban J connectivity index is 0.000000236. The molecule has 0 radical (unpaired) electrons. The van der Waals surface area contributed by atoms with E-state index in [1.54, 1.807) is 10.7 Å². The predicted octanol–water partition coefficient (Wildman–Crippen LogP) is 6.70. The number of nitrogens with one attached hydrogen (secondary N) is 1. The summed E-state index contributed by atoms with van der Waals surface area (Å²) in [6.45, 7) is 6.96. The Morgan fingerprint density at radius 1 is 0.678 bits per heavy atom. The van der Waals surface area contributed by atoms with Crippen LogP contribution in [0.1, 0.15) is 60.6 Å². The van der Waals surface area contributed by atoms with Crippen molar-refractivity contribution in [3.63, 3.8) is 0 Å². The van der Waals surface area contributed by atoms with Crippen LogP contribution in [0.25, 0.3) is 11.4 Å². The average molecular weight is 870 g/mol. The van der Waals surface area contributed by atoms with Gasteiger partial charge in [-0.15, -0.1) is 11.6 Å². The summed E-state index contributed by atoms with van der Waals surface area (Å²) >= 11 is 5.86. The van der Waals surface area contributed by atoms with Crippen LogP contribution >= 0.6 is 11.6 Å². The molecular weight excluding hydrogens is 818 g/mol. The van der Waals surface area contributed by atoms with Crippen LogP contribution in [0.15, 0.2) is 119 Å². The van der Waals surface area contributed by atoms with Gasteiger partial charge in [0.15, 0.2) is 0 Å². The number of alkyl halides is 1. The van der Waals surface area contributed by atoms with Crippen LogP contribution in [0.4, 0.5) is 8.78 Å². The molecule has 0 saturated carbocycles. The number of aromatic nitrogens is 4. The molecule has 0 saturated heterocycles. The fourth-order valence-electron chi connectivity index (χ4n) is 6.03. The number of nitrogens with zero attached hydrogens (tertiary/aromatic N) is 5. The van der Waals surface area contributed by atoms with E-state index in [4.69, 9.17) is 21.9 Å². The molecule has 59 heavy (non-hydrogen) atoms. The van der Waals surface area contributed by atoms with E-state index >= 15 is 0 Å². The molecule has 0 aliphatic carbocycles. The Labute approximate surface area is 350 Å². The van der Waals surface area contributed by atoms with E-state index in [-0.39, 0.29) is 27.0 Å². The summed E-state index contributed by atoms with van der Waals surface area (Å²) in [4.78, 5) is 1.60. The number of primary sulfonamides is 2. The quantitative estimate of drug-likeness (QED) is 0.0959. The molecule has 0 spiro atoms. The van der Waals surface area contributed by atoms with Gasteiger partial charge in [-0.3, -0.25) is 0 Å². The third-order valence-corrected chi connectivity index (χ3v) is 10.8. The first-order valence-electron chi connectivity index (χ1n) is 18.9. The number of halogens is 3. The van der Waals surface area contributed by atoms with Gasteiger partial charge in [-0.05, 0) is 99.7 Å². The summed E-state index contributed by atoms with van der Waals surface area (Å²) in [5.41, 5.74) is 5.41. The molecule has 0 bridgehead atoms. The maximum atomic E-state index is 14.8. The monoisotopic (exact) mass is 868 g/mol. The van der Waals surface area contributed by atoms with E-state index in [2.05, 4.69) is 34.3 Å². The van der Waals surface area contributed by atoms with Crippen molar-refractivity contribution in [2.75, 3.05) is 27.2 Å². The van der Waals surface area contributed by atoms with Crippen molar-refractivity contribution in [3.05, 3.63) is 155 Å². The Morgan fingerprint density at radius 2 is 1.12 bits per heavy atom.